The zero-order valence-electron chi connectivity index (χ0n) is 8.56. The highest BCUT2D eigenvalue weighted by atomic mass is 79.9. The highest BCUT2D eigenvalue weighted by Gasteiger charge is 2.21. The number of amides is 1. The Hall–Kier alpha value is -0.770. The molecule has 1 N–H and O–H groups in total. The van der Waals surface area contributed by atoms with Gasteiger partial charge in [-0.1, -0.05) is 15.9 Å². The molecule has 0 unspecified atom stereocenters. The molecule has 0 radical (unpaired) electrons. The molecule has 3 nitrogen and oxygen atoms in total. The minimum Gasteiger partial charge on any atom is -0.456 e. The average Bonchev–Trinajstić information content (AvgIpc) is 2.51. The van der Waals surface area contributed by atoms with Gasteiger partial charge in [0.05, 0.1) is 0 Å². The molecule has 0 spiro atoms. The summed E-state index contributed by atoms with van der Waals surface area (Å²) in [4.78, 5) is 11.6. The molecule has 1 heterocycles. The monoisotopic (exact) mass is 259 g/mol. The fourth-order valence-electron chi connectivity index (χ4n) is 0.959. The van der Waals surface area contributed by atoms with Gasteiger partial charge in [0.15, 0.2) is 5.76 Å². The number of nitrogens with one attached hydrogen (secondary N) is 1. The van der Waals surface area contributed by atoms with Gasteiger partial charge < -0.3 is 9.73 Å². The number of halogens is 1. The lowest BCUT2D eigenvalue weighted by atomic mass is 10.1. The Kier molecular flexibility index (Phi) is 3.37. The van der Waals surface area contributed by atoms with Crippen LogP contribution >= 0.6 is 15.9 Å². The first-order valence-corrected chi connectivity index (χ1v) is 5.52. The van der Waals surface area contributed by atoms with E-state index in [9.17, 15) is 4.79 Å². The molecule has 0 atom stereocenters. The molecule has 0 aliphatic carbocycles. The lowest BCUT2D eigenvalue weighted by Crippen LogP contribution is -2.44. The van der Waals surface area contributed by atoms with E-state index in [0.717, 1.165) is 5.76 Å². The Bertz CT molecular complexity index is 331. The normalized spacial score (nSPS) is 11.4. The summed E-state index contributed by atoms with van der Waals surface area (Å²) in [5.41, 5.74) is -0.266. The number of hydrogen-bond donors (Lipinski definition) is 1. The molecule has 1 aromatic heterocycles. The summed E-state index contributed by atoms with van der Waals surface area (Å²) >= 11 is 3.33. The van der Waals surface area contributed by atoms with Gasteiger partial charge in [0.2, 0.25) is 0 Å². The van der Waals surface area contributed by atoms with Crippen molar-refractivity contribution < 1.29 is 9.21 Å². The molecular weight excluding hydrogens is 246 g/mol. The second-order valence-electron chi connectivity index (χ2n) is 3.88. The largest absolute Gasteiger partial charge is 0.456 e. The Morgan fingerprint density at radius 1 is 1.57 bits per heavy atom. The second kappa shape index (κ2) is 4.17. The maximum Gasteiger partial charge on any atom is 0.287 e. The first-order valence-electron chi connectivity index (χ1n) is 4.39. The van der Waals surface area contributed by atoms with Gasteiger partial charge in [-0.3, -0.25) is 4.79 Å². The minimum atomic E-state index is -0.266. The molecule has 0 aromatic carbocycles. The highest BCUT2D eigenvalue weighted by molar-refractivity contribution is 9.09. The first kappa shape index (κ1) is 11.3. The number of carbonyl (C=O) groups excluding carboxylic acids is 1. The fraction of sp³-hybridized carbons (Fsp3) is 0.500. The van der Waals surface area contributed by atoms with Gasteiger partial charge in [-0.25, -0.2) is 0 Å². The maximum atomic E-state index is 11.6. The molecule has 1 aromatic rings. The summed E-state index contributed by atoms with van der Waals surface area (Å²) in [6, 6.07) is 3.45. The summed E-state index contributed by atoms with van der Waals surface area (Å²) in [5, 5.41) is 3.56. The van der Waals surface area contributed by atoms with Gasteiger partial charge in [0.1, 0.15) is 5.76 Å². The number of aryl methyl sites for hydroxylation is 1. The Labute approximate surface area is 92.0 Å². The minimum absolute atomic E-state index is 0.178. The van der Waals surface area contributed by atoms with Crippen LogP contribution in [-0.4, -0.2) is 16.8 Å². The van der Waals surface area contributed by atoms with E-state index in [1.165, 1.54) is 0 Å². The van der Waals surface area contributed by atoms with Crippen molar-refractivity contribution in [1.29, 1.82) is 0 Å². The standard InChI is InChI=1S/C10H14BrNO2/c1-7-4-5-8(14-7)9(13)12-10(2,3)6-11/h4-5H,6H2,1-3H3,(H,12,13). The van der Waals surface area contributed by atoms with Crippen molar-refractivity contribution in [3.8, 4) is 0 Å². The van der Waals surface area contributed by atoms with E-state index < -0.39 is 0 Å². The Balaban J connectivity index is 2.68. The quantitative estimate of drug-likeness (QED) is 0.848. The molecule has 1 rings (SSSR count). The van der Waals surface area contributed by atoms with Crippen LogP contribution in [0.15, 0.2) is 16.5 Å². The van der Waals surface area contributed by atoms with Crippen molar-refractivity contribution >= 4 is 21.8 Å². The topological polar surface area (TPSA) is 42.2 Å². The van der Waals surface area contributed by atoms with Crippen LogP contribution in [0.2, 0.25) is 0 Å². The Morgan fingerprint density at radius 2 is 2.21 bits per heavy atom. The van der Waals surface area contributed by atoms with E-state index in [1.807, 2.05) is 20.8 Å². The SMILES string of the molecule is Cc1ccc(C(=O)NC(C)(C)CBr)o1. The summed E-state index contributed by atoms with van der Waals surface area (Å²) in [6.07, 6.45) is 0. The third-order valence-corrected chi connectivity index (χ3v) is 3.15. The van der Waals surface area contributed by atoms with Crippen LogP contribution in [0.1, 0.15) is 30.2 Å². The molecule has 0 aliphatic heterocycles. The van der Waals surface area contributed by atoms with E-state index in [4.69, 9.17) is 4.42 Å². The number of hydrogen-bond acceptors (Lipinski definition) is 2. The van der Waals surface area contributed by atoms with Crippen molar-refractivity contribution in [3.63, 3.8) is 0 Å². The summed E-state index contributed by atoms with van der Waals surface area (Å²) < 4.78 is 5.21. The van der Waals surface area contributed by atoms with E-state index >= 15 is 0 Å². The smallest absolute Gasteiger partial charge is 0.287 e. The number of furan rings is 1. The van der Waals surface area contributed by atoms with E-state index in [0.29, 0.717) is 11.1 Å². The van der Waals surface area contributed by atoms with Crippen LogP contribution < -0.4 is 5.32 Å². The lowest BCUT2D eigenvalue weighted by molar-refractivity contribution is 0.0891. The molecule has 0 saturated heterocycles. The fourth-order valence-corrected chi connectivity index (χ4v) is 1.10. The molecule has 0 aliphatic rings. The van der Waals surface area contributed by atoms with Crippen LogP contribution in [0.25, 0.3) is 0 Å². The average molecular weight is 260 g/mol. The molecule has 14 heavy (non-hydrogen) atoms. The van der Waals surface area contributed by atoms with Gasteiger partial charge in [-0.05, 0) is 32.9 Å². The van der Waals surface area contributed by atoms with Gasteiger partial charge in [0.25, 0.3) is 5.91 Å². The highest BCUT2D eigenvalue weighted by Crippen LogP contribution is 2.10. The van der Waals surface area contributed by atoms with Crippen LogP contribution in [0.5, 0.6) is 0 Å². The molecule has 4 heteroatoms. The van der Waals surface area contributed by atoms with E-state index in [2.05, 4.69) is 21.2 Å². The van der Waals surface area contributed by atoms with Crippen molar-refractivity contribution in [1.82, 2.24) is 5.32 Å². The zero-order valence-corrected chi connectivity index (χ0v) is 10.1. The maximum absolute atomic E-state index is 11.6. The molecular formula is C10H14BrNO2. The van der Waals surface area contributed by atoms with Crippen molar-refractivity contribution in [2.75, 3.05) is 5.33 Å². The number of rotatable bonds is 3. The second-order valence-corrected chi connectivity index (χ2v) is 4.44. The predicted molar refractivity (Wildman–Crippen MR) is 58.8 cm³/mol. The van der Waals surface area contributed by atoms with Crippen LogP contribution in [-0.2, 0) is 0 Å². The molecule has 0 fully saturated rings. The number of carbonyl (C=O) groups is 1. The Morgan fingerprint density at radius 3 is 2.64 bits per heavy atom. The van der Waals surface area contributed by atoms with Gasteiger partial charge >= 0.3 is 0 Å². The molecule has 0 saturated carbocycles. The van der Waals surface area contributed by atoms with Gasteiger partial charge in [0, 0.05) is 10.9 Å². The zero-order chi connectivity index (χ0) is 10.8. The van der Waals surface area contributed by atoms with Crippen LogP contribution in [0.4, 0.5) is 0 Å². The molecule has 1 amide bonds. The molecule has 78 valence electrons. The van der Waals surface area contributed by atoms with Crippen LogP contribution in [0.3, 0.4) is 0 Å². The van der Waals surface area contributed by atoms with Gasteiger partial charge in [-0.15, -0.1) is 0 Å². The first-order chi connectivity index (χ1) is 6.44. The third-order valence-electron chi connectivity index (χ3n) is 1.75. The summed E-state index contributed by atoms with van der Waals surface area (Å²) in [6.45, 7) is 5.69. The van der Waals surface area contributed by atoms with Crippen molar-refractivity contribution in [2.45, 2.75) is 26.3 Å². The third kappa shape index (κ3) is 2.87. The van der Waals surface area contributed by atoms with Crippen LogP contribution in [0, 0.1) is 6.92 Å². The predicted octanol–water partition coefficient (Wildman–Crippen LogP) is 2.49. The summed E-state index contributed by atoms with van der Waals surface area (Å²) in [7, 11) is 0. The van der Waals surface area contributed by atoms with Crippen molar-refractivity contribution in [2.24, 2.45) is 0 Å². The summed E-state index contributed by atoms with van der Waals surface area (Å²) in [5.74, 6) is 0.922. The van der Waals surface area contributed by atoms with E-state index in [1.54, 1.807) is 12.1 Å². The van der Waals surface area contributed by atoms with E-state index in [-0.39, 0.29) is 11.4 Å². The lowest BCUT2D eigenvalue weighted by Gasteiger charge is -2.22. The van der Waals surface area contributed by atoms with Gasteiger partial charge in [-0.2, -0.15) is 0 Å². The van der Waals surface area contributed by atoms with Crippen molar-refractivity contribution in [3.05, 3.63) is 23.7 Å². The molecule has 0 bridgehead atoms. The number of alkyl halides is 1.